The van der Waals surface area contributed by atoms with Gasteiger partial charge < -0.3 is 10.1 Å². The standard InChI is InChI=1S/C21H23N3O3S/c1-14-10-15(2)21(16(3)11-14)28(25,26)24-20-9-8-18(13-22-20)23-17-6-5-7-19(12-17)27-4/h5-13,23H,1-4H3,(H,22,24). The number of hydrogen-bond donors (Lipinski definition) is 2. The molecule has 0 saturated heterocycles. The molecule has 7 heteroatoms. The molecule has 0 atom stereocenters. The number of aromatic nitrogens is 1. The molecular weight excluding hydrogens is 374 g/mol. The van der Waals surface area contributed by atoms with E-state index in [4.69, 9.17) is 4.74 Å². The van der Waals surface area contributed by atoms with E-state index in [2.05, 4.69) is 15.0 Å². The van der Waals surface area contributed by atoms with Crippen LogP contribution in [-0.4, -0.2) is 20.5 Å². The van der Waals surface area contributed by atoms with Crippen molar-refractivity contribution in [2.75, 3.05) is 17.1 Å². The number of rotatable bonds is 6. The van der Waals surface area contributed by atoms with Gasteiger partial charge in [-0.1, -0.05) is 23.8 Å². The van der Waals surface area contributed by atoms with Crippen LogP contribution >= 0.6 is 0 Å². The first kappa shape index (κ1) is 19.7. The van der Waals surface area contributed by atoms with Gasteiger partial charge in [-0.3, -0.25) is 4.72 Å². The quantitative estimate of drug-likeness (QED) is 0.637. The molecule has 28 heavy (non-hydrogen) atoms. The highest BCUT2D eigenvalue weighted by Gasteiger charge is 2.20. The van der Waals surface area contributed by atoms with E-state index in [0.29, 0.717) is 16.0 Å². The Labute approximate surface area is 165 Å². The summed E-state index contributed by atoms with van der Waals surface area (Å²) in [6, 6.07) is 14.6. The minimum absolute atomic E-state index is 0.260. The lowest BCUT2D eigenvalue weighted by atomic mass is 10.1. The molecule has 0 spiro atoms. The maximum atomic E-state index is 12.8. The molecule has 0 unspecified atom stereocenters. The lowest BCUT2D eigenvalue weighted by molar-refractivity contribution is 0.415. The topological polar surface area (TPSA) is 80.3 Å². The summed E-state index contributed by atoms with van der Waals surface area (Å²) in [6.45, 7) is 5.53. The fourth-order valence-electron chi connectivity index (χ4n) is 3.18. The van der Waals surface area contributed by atoms with Crippen molar-refractivity contribution in [3.05, 3.63) is 71.4 Å². The summed E-state index contributed by atoms with van der Waals surface area (Å²) in [5, 5.41) is 3.21. The van der Waals surface area contributed by atoms with Crippen LogP contribution in [0.15, 0.2) is 59.6 Å². The van der Waals surface area contributed by atoms with Crippen LogP contribution in [0.5, 0.6) is 5.75 Å². The Kier molecular flexibility index (Phi) is 5.56. The van der Waals surface area contributed by atoms with Crippen LogP contribution in [0.4, 0.5) is 17.2 Å². The first-order valence-electron chi connectivity index (χ1n) is 8.76. The molecule has 0 bridgehead atoms. The van der Waals surface area contributed by atoms with Crippen LogP contribution in [0.1, 0.15) is 16.7 Å². The van der Waals surface area contributed by atoms with Crippen molar-refractivity contribution in [2.45, 2.75) is 25.7 Å². The summed E-state index contributed by atoms with van der Waals surface area (Å²) in [5.74, 6) is 1.00. The number of anilines is 3. The second-order valence-electron chi connectivity index (χ2n) is 6.62. The van der Waals surface area contributed by atoms with E-state index < -0.39 is 10.0 Å². The fourth-order valence-corrected chi connectivity index (χ4v) is 4.64. The Bertz CT molecular complexity index is 1070. The Morgan fingerprint density at radius 1 is 0.929 bits per heavy atom. The van der Waals surface area contributed by atoms with E-state index in [0.717, 1.165) is 22.7 Å². The number of nitrogens with zero attached hydrogens (tertiary/aromatic N) is 1. The van der Waals surface area contributed by atoms with Gasteiger partial charge in [-0.25, -0.2) is 13.4 Å². The Morgan fingerprint density at radius 2 is 1.64 bits per heavy atom. The van der Waals surface area contributed by atoms with Gasteiger partial charge >= 0.3 is 0 Å². The van der Waals surface area contributed by atoms with Crippen molar-refractivity contribution in [1.82, 2.24) is 4.98 Å². The largest absolute Gasteiger partial charge is 0.497 e. The van der Waals surface area contributed by atoms with Crippen LogP contribution in [-0.2, 0) is 10.0 Å². The van der Waals surface area contributed by atoms with Gasteiger partial charge in [-0.05, 0) is 56.2 Å². The zero-order valence-electron chi connectivity index (χ0n) is 16.3. The maximum absolute atomic E-state index is 12.8. The smallest absolute Gasteiger partial charge is 0.263 e. The second kappa shape index (κ2) is 7.90. The van der Waals surface area contributed by atoms with Crippen molar-refractivity contribution in [3.8, 4) is 5.75 Å². The third-order valence-corrected chi connectivity index (χ3v) is 5.89. The molecule has 0 aliphatic rings. The molecule has 2 N–H and O–H groups in total. The highest BCUT2D eigenvalue weighted by molar-refractivity contribution is 7.92. The van der Waals surface area contributed by atoms with Crippen LogP contribution in [0, 0.1) is 20.8 Å². The normalized spacial score (nSPS) is 11.1. The Balaban J connectivity index is 1.78. The molecule has 0 fully saturated rings. The number of aryl methyl sites for hydroxylation is 3. The molecule has 0 amide bonds. The number of nitrogens with one attached hydrogen (secondary N) is 2. The summed E-state index contributed by atoms with van der Waals surface area (Å²) in [6.07, 6.45) is 1.58. The average molecular weight is 398 g/mol. The molecule has 2 aromatic carbocycles. The van der Waals surface area contributed by atoms with Crippen LogP contribution in [0.25, 0.3) is 0 Å². The van der Waals surface area contributed by atoms with E-state index in [-0.39, 0.29) is 5.82 Å². The van der Waals surface area contributed by atoms with Gasteiger partial charge in [0, 0.05) is 11.8 Å². The van der Waals surface area contributed by atoms with Crippen LogP contribution in [0.2, 0.25) is 0 Å². The summed E-state index contributed by atoms with van der Waals surface area (Å²) in [4.78, 5) is 4.51. The van der Waals surface area contributed by atoms with Gasteiger partial charge in [-0.15, -0.1) is 0 Å². The highest BCUT2D eigenvalue weighted by atomic mass is 32.2. The van der Waals surface area contributed by atoms with Crippen molar-refractivity contribution in [2.24, 2.45) is 0 Å². The number of sulfonamides is 1. The minimum atomic E-state index is -3.72. The molecule has 0 aliphatic heterocycles. The highest BCUT2D eigenvalue weighted by Crippen LogP contribution is 2.25. The van der Waals surface area contributed by atoms with E-state index >= 15 is 0 Å². The third-order valence-electron chi connectivity index (χ3n) is 4.23. The number of methoxy groups -OCH3 is 1. The predicted octanol–water partition coefficient (Wildman–Crippen LogP) is 4.56. The predicted molar refractivity (Wildman–Crippen MR) is 112 cm³/mol. The van der Waals surface area contributed by atoms with Crippen molar-refractivity contribution in [1.29, 1.82) is 0 Å². The zero-order valence-corrected chi connectivity index (χ0v) is 17.1. The van der Waals surface area contributed by atoms with Gasteiger partial charge in [-0.2, -0.15) is 0 Å². The molecule has 1 aromatic heterocycles. The SMILES string of the molecule is COc1cccc(Nc2ccc(NS(=O)(=O)c3c(C)cc(C)cc3C)nc2)c1. The molecule has 3 rings (SSSR count). The number of benzene rings is 2. The fraction of sp³-hybridized carbons (Fsp3) is 0.190. The molecular formula is C21H23N3O3S. The number of hydrogen-bond acceptors (Lipinski definition) is 5. The molecule has 0 saturated carbocycles. The first-order valence-corrected chi connectivity index (χ1v) is 10.2. The van der Waals surface area contributed by atoms with Gasteiger partial charge in [0.15, 0.2) is 0 Å². The van der Waals surface area contributed by atoms with Crippen molar-refractivity contribution in [3.63, 3.8) is 0 Å². The summed E-state index contributed by atoms with van der Waals surface area (Å²) in [7, 11) is -2.11. The molecule has 0 aliphatic carbocycles. The molecule has 3 aromatic rings. The average Bonchev–Trinajstić information content (AvgIpc) is 2.62. The first-order chi connectivity index (χ1) is 13.3. The summed E-state index contributed by atoms with van der Waals surface area (Å²) < 4.78 is 33.4. The monoisotopic (exact) mass is 397 g/mol. The second-order valence-corrected chi connectivity index (χ2v) is 8.24. The maximum Gasteiger partial charge on any atom is 0.263 e. The number of pyridine rings is 1. The van der Waals surface area contributed by atoms with Crippen molar-refractivity contribution >= 4 is 27.2 Å². The van der Waals surface area contributed by atoms with E-state index in [1.54, 1.807) is 39.3 Å². The van der Waals surface area contributed by atoms with E-state index in [1.165, 1.54) is 0 Å². The van der Waals surface area contributed by atoms with Crippen molar-refractivity contribution < 1.29 is 13.2 Å². The number of ether oxygens (including phenoxy) is 1. The molecule has 6 nitrogen and oxygen atoms in total. The molecule has 1 heterocycles. The van der Waals surface area contributed by atoms with Gasteiger partial charge in [0.1, 0.15) is 11.6 Å². The van der Waals surface area contributed by atoms with Crippen LogP contribution in [0.3, 0.4) is 0 Å². The molecule has 146 valence electrons. The Hall–Kier alpha value is -3.06. The van der Waals surface area contributed by atoms with Gasteiger partial charge in [0.2, 0.25) is 0 Å². The third kappa shape index (κ3) is 4.43. The summed E-state index contributed by atoms with van der Waals surface area (Å²) in [5.41, 5.74) is 4.03. The zero-order chi connectivity index (χ0) is 20.3. The van der Waals surface area contributed by atoms with Crippen LogP contribution < -0.4 is 14.8 Å². The Morgan fingerprint density at radius 3 is 2.25 bits per heavy atom. The molecule has 0 radical (unpaired) electrons. The van der Waals surface area contributed by atoms with E-state index in [1.807, 2.05) is 43.3 Å². The lowest BCUT2D eigenvalue weighted by Gasteiger charge is -2.14. The summed E-state index contributed by atoms with van der Waals surface area (Å²) >= 11 is 0. The minimum Gasteiger partial charge on any atom is -0.497 e. The van der Waals surface area contributed by atoms with Gasteiger partial charge in [0.05, 0.1) is 23.9 Å². The lowest BCUT2D eigenvalue weighted by Crippen LogP contribution is -2.16. The van der Waals surface area contributed by atoms with Gasteiger partial charge in [0.25, 0.3) is 10.0 Å². The van der Waals surface area contributed by atoms with E-state index in [9.17, 15) is 8.42 Å².